The van der Waals surface area contributed by atoms with E-state index in [4.69, 9.17) is 29.2 Å². The van der Waals surface area contributed by atoms with Crippen LogP contribution in [0.5, 0.6) is 0 Å². The fraction of sp³-hybridized carbons (Fsp3) is 0.618. The number of amides is 2. The van der Waals surface area contributed by atoms with Gasteiger partial charge in [-0.15, -0.1) is 0 Å². The number of carbonyl (C=O) groups is 3. The minimum atomic E-state index is -0.816. The summed E-state index contributed by atoms with van der Waals surface area (Å²) < 4.78 is 24.5. The number of rotatable bonds is 20. The van der Waals surface area contributed by atoms with Gasteiger partial charge in [-0.3, -0.25) is 9.59 Å². The lowest BCUT2D eigenvalue weighted by Crippen LogP contribution is -2.44. The molecule has 1 aliphatic heterocycles. The van der Waals surface area contributed by atoms with Crippen molar-refractivity contribution in [1.82, 2.24) is 10.6 Å². The highest BCUT2D eigenvalue weighted by molar-refractivity contribution is 5.94. The Morgan fingerprint density at radius 2 is 1.67 bits per heavy atom. The third kappa shape index (κ3) is 11.6. The Morgan fingerprint density at radius 1 is 0.956 bits per heavy atom. The molecule has 0 spiro atoms. The Labute approximate surface area is 266 Å². The zero-order chi connectivity index (χ0) is 32.5. The van der Waals surface area contributed by atoms with E-state index in [1.165, 1.54) is 6.26 Å². The number of aliphatic hydroxyl groups excluding tert-OH is 2. The number of aliphatic hydroxyl groups is 2. The van der Waals surface area contributed by atoms with Crippen molar-refractivity contribution in [2.24, 2.45) is 0 Å². The Morgan fingerprint density at radius 3 is 2.31 bits per heavy atom. The molecule has 4 N–H and O–H groups in total. The van der Waals surface area contributed by atoms with Crippen molar-refractivity contribution in [2.75, 3.05) is 32.9 Å². The molecule has 250 valence electrons. The summed E-state index contributed by atoms with van der Waals surface area (Å²) in [7, 11) is 0. The first kappa shape index (κ1) is 36.2. The maximum atomic E-state index is 13.3. The Hall–Kier alpha value is -3.25. The number of hydrogen-bond acceptors (Lipinski definition) is 9. The van der Waals surface area contributed by atoms with E-state index in [0.29, 0.717) is 24.0 Å². The molecule has 1 fully saturated rings. The van der Waals surface area contributed by atoms with Gasteiger partial charge in [-0.2, -0.15) is 0 Å². The highest BCUT2D eigenvalue weighted by Crippen LogP contribution is 2.43. The van der Waals surface area contributed by atoms with Crippen LogP contribution < -0.4 is 10.6 Å². The van der Waals surface area contributed by atoms with Crippen LogP contribution in [0, 0.1) is 0 Å². The van der Waals surface area contributed by atoms with Gasteiger partial charge in [0, 0.05) is 44.3 Å². The average Bonchev–Trinajstić information content (AvgIpc) is 3.41. The molecule has 11 heteroatoms. The molecule has 11 nitrogen and oxygen atoms in total. The van der Waals surface area contributed by atoms with Crippen LogP contribution in [0.2, 0.25) is 0 Å². The fourth-order valence-corrected chi connectivity index (χ4v) is 5.47. The van der Waals surface area contributed by atoms with Gasteiger partial charge >= 0.3 is 5.97 Å². The van der Waals surface area contributed by atoms with Gasteiger partial charge in [-0.1, -0.05) is 51.7 Å². The molecule has 1 heterocycles. The van der Waals surface area contributed by atoms with Gasteiger partial charge in [-0.05, 0) is 42.7 Å². The van der Waals surface area contributed by atoms with E-state index in [-0.39, 0.29) is 57.6 Å². The summed E-state index contributed by atoms with van der Waals surface area (Å²) in [5, 5.41) is 23.1. The number of ether oxygens (including phenoxy) is 4. The van der Waals surface area contributed by atoms with Crippen molar-refractivity contribution >= 4 is 23.9 Å². The second-order valence-electron chi connectivity index (χ2n) is 11.4. The molecule has 45 heavy (non-hydrogen) atoms. The number of fused-ring (bicyclic) bond motifs is 1. The minimum absolute atomic E-state index is 0.0693. The summed E-state index contributed by atoms with van der Waals surface area (Å²) in [6.45, 7) is 4.53. The van der Waals surface area contributed by atoms with Crippen molar-refractivity contribution in [1.29, 1.82) is 0 Å². The predicted molar refractivity (Wildman–Crippen MR) is 169 cm³/mol. The zero-order valence-corrected chi connectivity index (χ0v) is 26.6. The van der Waals surface area contributed by atoms with Crippen LogP contribution in [0.15, 0.2) is 42.2 Å². The second kappa shape index (κ2) is 19.3. The summed E-state index contributed by atoms with van der Waals surface area (Å²) in [5.74, 6) is -1.98. The van der Waals surface area contributed by atoms with E-state index in [0.717, 1.165) is 44.1 Å². The summed E-state index contributed by atoms with van der Waals surface area (Å²) in [4.78, 5) is 38.4. The van der Waals surface area contributed by atoms with Crippen molar-refractivity contribution in [3.8, 4) is 0 Å². The van der Waals surface area contributed by atoms with E-state index in [1.54, 1.807) is 36.4 Å². The number of esters is 1. The van der Waals surface area contributed by atoms with Crippen LogP contribution in [-0.2, 0) is 28.5 Å². The van der Waals surface area contributed by atoms with Gasteiger partial charge in [0.15, 0.2) is 5.79 Å². The van der Waals surface area contributed by atoms with Crippen molar-refractivity contribution in [2.45, 2.75) is 102 Å². The molecule has 3 atom stereocenters. The maximum absolute atomic E-state index is 13.3. The molecule has 0 radical (unpaired) electrons. The topological polar surface area (TPSA) is 153 Å². The number of carbonyl (C=O) groups excluding carboxylic acids is 3. The van der Waals surface area contributed by atoms with Crippen LogP contribution in [-0.4, -0.2) is 85.0 Å². The van der Waals surface area contributed by atoms with Crippen LogP contribution in [0.3, 0.4) is 0 Å². The van der Waals surface area contributed by atoms with Crippen LogP contribution >= 0.6 is 0 Å². The third-order valence-corrected chi connectivity index (χ3v) is 7.83. The van der Waals surface area contributed by atoms with Crippen molar-refractivity contribution in [3.63, 3.8) is 0 Å². The number of unbranched alkanes of at least 4 members (excludes halogenated alkanes) is 4. The standard InChI is InChI=1S/C34H50N2O9/c1-3-5-7-15-34(16-8-6-4-2)44-29-24-27(32(40)36-17-13-30(39)35-18-19-37)23-28(31(29)45-34)43-33(41)26-11-9-25(10-12-26)14-21-42-22-20-38/h9-12,14,21,24,28-29,31,37-38H,3-8,13,15-20,22-23H2,1-2H3,(H,35,39)(H,36,40). The fourth-order valence-electron chi connectivity index (χ4n) is 5.47. The summed E-state index contributed by atoms with van der Waals surface area (Å²) in [5.41, 5.74) is 1.57. The molecule has 1 aromatic carbocycles. The van der Waals surface area contributed by atoms with E-state index in [1.807, 2.05) is 0 Å². The molecule has 0 aromatic heterocycles. The predicted octanol–water partition coefficient (Wildman–Crippen LogP) is 3.78. The van der Waals surface area contributed by atoms with Crippen LogP contribution in [0.25, 0.3) is 6.08 Å². The highest BCUT2D eigenvalue weighted by Gasteiger charge is 2.52. The molecule has 3 unspecified atom stereocenters. The molecule has 1 aliphatic carbocycles. The van der Waals surface area contributed by atoms with Gasteiger partial charge < -0.3 is 39.8 Å². The first-order valence-corrected chi connectivity index (χ1v) is 16.3. The Kier molecular flexibility index (Phi) is 15.5. The van der Waals surface area contributed by atoms with Crippen molar-refractivity contribution in [3.05, 3.63) is 53.3 Å². The summed E-state index contributed by atoms with van der Waals surface area (Å²) in [6.07, 6.45) is 10.8. The maximum Gasteiger partial charge on any atom is 0.338 e. The van der Waals surface area contributed by atoms with Gasteiger partial charge in [0.05, 0.1) is 25.0 Å². The Bertz CT molecular complexity index is 1120. The smallest absolute Gasteiger partial charge is 0.338 e. The molecular weight excluding hydrogens is 580 g/mol. The molecular formula is C34H50N2O9. The monoisotopic (exact) mass is 630 g/mol. The highest BCUT2D eigenvalue weighted by atomic mass is 16.8. The lowest BCUT2D eigenvalue weighted by atomic mass is 9.91. The van der Waals surface area contributed by atoms with Gasteiger partial charge in [0.2, 0.25) is 11.8 Å². The first-order valence-electron chi connectivity index (χ1n) is 16.3. The normalized spacial score (nSPS) is 20.4. The molecule has 1 aromatic rings. The number of hydrogen-bond donors (Lipinski definition) is 4. The molecule has 1 saturated heterocycles. The Balaban J connectivity index is 1.77. The van der Waals surface area contributed by atoms with Gasteiger partial charge in [0.25, 0.3) is 0 Å². The number of benzene rings is 1. The summed E-state index contributed by atoms with van der Waals surface area (Å²) in [6, 6.07) is 6.84. The van der Waals surface area contributed by atoms with E-state index >= 15 is 0 Å². The van der Waals surface area contributed by atoms with Crippen molar-refractivity contribution < 1.29 is 43.5 Å². The first-order chi connectivity index (χ1) is 21.8. The van der Waals surface area contributed by atoms with E-state index in [9.17, 15) is 14.4 Å². The molecule has 2 amide bonds. The van der Waals surface area contributed by atoms with E-state index < -0.39 is 30.1 Å². The molecule has 0 bridgehead atoms. The quantitative estimate of drug-likeness (QED) is 0.0958. The van der Waals surface area contributed by atoms with E-state index in [2.05, 4.69) is 24.5 Å². The van der Waals surface area contributed by atoms with Gasteiger partial charge in [-0.25, -0.2) is 4.79 Å². The third-order valence-electron chi connectivity index (χ3n) is 7.83. The molecule has 0 saturated carbocycles. The number of nitrogens with one attached hydrogen (secondary N) is 2. The summed E-state index contributed by atoms with van der Waals surface area (Å²) >= 11 is 0. The van der Waals surface area contributed by atoms with Crippen LogP contribution in [0.1, 0.15) is 94.0 Å². The van der Waals surface area contributed by atoms with Crippen LogP contribution in [0.4, 0.5) is 0 Å². The minimum Gasteiger partial charge on any atom is -0.499 e. The lowest BCUT2D eigenvalue weighted by Gasteiger charge is -2.31. The average molecular weight is 631 g/mol. The van der Waals surface area contributed by atoms with Gasteiger partial charge in [0.1, 0.15) is 24.9 Å². The SMILES string of the molecule is CCCCCC1(CCCCC)OC2C=C(C(=O)NCCC(=O)NCCO)CC(OC(=O)c3ccc(C=COCCO)cc3)C2O1. The second-order valence-corrected chi connectivity index (χ2v) is 11.4. The largest absolute Gasteiger partial charge is 0.499 e. The molecule has 3 rings (SSSR count). The molecule has 2 aliphatic rings. The zero-order valence-electron chi connectivity index (χ0n) is 26.6. The lowest BCUT2D eigenvalue weighted by molar-refractivity contribution is -0.190.